The molecule has 1 unspecified atom stereocenters. The van der Waals surface area contributed by atoms with Crippen molar-refractivity contribution in [3.05, 3.63) is 57.8 Å². The van der Waals surface area contributed by atoms with Crippen molar-refractivity contribution in [3.63, 3.8) is 0 Å². The van der Waals surface area contributed by atoms with Crippen molar-refractivity contribution in [3.8, 4) is 6.07 Å². The first-order valence-electron chi connectivity index (χ1n) is 4.69. The number of halogens is 2. The van der Waals surface area contributed by atoms with Crippen LogP contribution in [0.4, 0.5) is 0 Å². The van der Waals surface area contributed by atoms with Crippen molar-refractivity contribution in [2.24, 2.45) is 0 Å². The van der Waals surface area contributed by atoms with Gasteiger partial charge >= 0.3 is 0 Å². The van der Waals surface area contributed by atoms with E-state index in [4.69, 9.17) is 23.2 Å². The Bertz CT molecular complexity index is 526. The van der Waals surface area contributed by atoms with E-state index in [-0.39, 0.29) is 5.92 Å². The molecule has 0 aliphatic rings. The van der Waals surface area contributed by atoms with Gasteiger partial charge in [-0.2, -0.15) is 5.26 Å². The molecule has 1 N–H and O–H groups in total. The lowest BCUT2D eigenvalue weighted by Gasteiger charge is -2.09. The minimum absolute atomic E-state index is 0.365. The van der Waals surface area contributed by atoms with Gasteiger partial charge in [0.25, 0.3) is 0 Å². The van der Waals surface area contributed by atoms with Gasteiger partial charge in [0.1, 0.15) is 0 Å². The Morgan fingerprint density at radius 1 is 1.25 bits per heavy atom. The summed E-state index contributed by atoms with van der Waals surface area (Å²) in [5.74, 6) is -0.365. The van der Waals surface area contributed by atoms with Gasteiger partial charge in [0, 0.05) is 22.4 Å². The van der Waals surface area contributed by atoms with E-state index in [9.17, 15) is 5.26 Å². The molecule has 0 spiro atoms. The Balaban J connectivity index is 2.46. The second-order valence-electron chi connectivity index (χ2n) is 3.37. The third-order valence-electron chi connectivity index (χ3n) is 2.36. The van der Waals surface area contributed by atoms with Gasteiger partial charge in [0.15, 0.2) is 0 Å². The SMILES string of the molecule is N#CC(c1cc[nH]c1)c1ccc(Cl)cc1Cl. The summed E-state index contributed by atoms with van der Waals surface area (Å²) in [6.45, 7) is 0. The molecule has 0 aliphatic heterocycles. The molecule has 0 bridgehead atoms. The fourth-order valence-corrected chi connectivity index (χ4v) is 2.09. The number of H-pyrrole nitrogens is 1. The molecular formula is C12H8Cl2N2. The molecule has 16 heavy (non-hydrogen) atoms. The van der Waals surface area contributed by atoms with Crippen LogP contribution in [0, 0.1) is 11.3 Å². The number of hydrogen-bond acceptors (Lipinski definition) is 1. The zero-order valence-electron chi connectivity index (χ0n) is 8.24. The zero-order chi connectivity index (χ0) is 11.5. The maximum absolute atomic E-state index is 9.19. The van der Waals surface area contributed by atoms with Crippen LogP contribution < -0.4 is 0 Å². The van der Waals surface area contributed by atoms with Gasteiger partial charge < -0.3 is 4.98 Å². The van der Waals surface area contributed by atoms with Crippen molar-refractivity contribution in [2.75, 3.05) is 0 Å². The molecule has 4 heteroatoms. The molecule has 0 aliphatic carbocycles. The van der Waals surface area contributed by atoms with Crippen LogP contribution in [0.15, 0.2) is 36.7 Å². The van der Waals surface area contributed by atoms with Crippen LogP contribution in [-0.4, -0.2) is 4.98 Å². The summed E-state index contributed by atoms with van der Waals surface area (Å²) in [5.41, 5.74) is 1.67. The lowest BCUT2D eigenvalue weighted by Crippen LogP contribution is -1.97. The molecule has 1 aromatic heterocycles. The van der Waals surface area contributed by atoms with Crippen molar-refractivity contribution in [1.29, 1.82) is 5.26 Å². The Hall–Kier alpha value is -1.43. The average molecular weight is 251 g/mol. The Labute approximate surface area is 103 Å². The van der Waals surface area contributed by atoms with Gasteiger partial charge in [0.05, 0.1) is 12.0 Å². The molecular weight excluding hydrogens is 243 g/mol. The Morgan fingerprint density at radius 3 is 2.62 bits per heavy atom. The van der Waals surface area contributed by atoms with Gasteiger partial charge in [-0.3, -0.25) is 0 Å². The fraction of sp³-hybridized carbons (Fsp3) is 0.0833. The normalized spacial score (nSPS) is 12.1. The van der Waals surface area contributed by atoms with E-state index in [2.05, 4.69) is 11.1 Å². The van der Waals surface area contributed by atoms with Crippen LogP contribution in [0.2, 0.25) is 10.0 Å². The highest BCUT2D eigenvalue weighted by Gasteiger charge is 2.16. The number of rotatable bonds is 2. The quantitative estimate of drug-likeness (QED) is 0.861. The Morgan fingerprint density at radius 2 is 2.06 bits per heavy atom. The summed E-state index contributed by atoms with van der Waals surface area (Å²) in [4.78, 5) is 2.92. The molecule has 0 saturated heterocycles. The van der Waals surface area contributed by atoms with Crippen LogP contribution in [0.5, 0.6) is 0 Å². The molecule has 2 nitrogen and oxygen atoms in total. The second kappa shape index (κ2) is 4.61. The molecule has 1 heterocycles. The number of nitriles is 1. The number of benzene rings is 1. The van der Waals surface area contributed by atoms with Crippen LogP contribution in [-0.2, 0) is 0 Å². The molecule has 0 fully saturated rings. The van der Waals surface area contributed by atoms with E-state index >= 15 is 0 Å². The summed E-state index contributed by atoms with van der Waals surface area (Å²) in [6.07, 6.45) is 3.57. The lowest BCUT2D eigenvalue weighted by molar-refractivity contribution is 1.04. The zero-order valence-corrected chi connectivity index (χ0v) is 9.76. The average Bonchev–Trinajstić information content (AvgIpc) is 2.75. The Kier molecular flexibility index (Phi) is 3.19. The first-order chi connectivity index (χ1) is 7.72. The van der Waals surface area contributed by atoms with Crippen molar-refractivity contribution in [2.45, 2.75) is 5.92 Å². The van der Waals surface area contributed by atoms with Crippen molar-refractivity contribution >= 4 is 23.2 Å². The van der Waals surface area contributed by atoms with Gasteiger partial charge in [-0.15, -0.1) is 0 Å². The highest BCUT2D eigenvalue weighted by atomic mass is 35.5. The number of nitrogens with zero attached hydrogens (tertiary/aromatic N) is 1. The van der Waals surface area contributed by atoms with E-state index in [1.807, 2.05) is 6.07 Å². The van der Waals surface area contributed by atoms with Crippen LogP contribution in [0.25, 0.3) is 0 Å². The molecule has 0 amide bonds. The summed E-state index contributed by atoms with van der Waals surface area (Å²) in [7, 11) is 0. The van der Waals surface area contributed by atoms with Crippen LogP contribution >= 0.6 is 23.2 Å². The number of nitrogens with one attached hydrogen (secondary N) is 1. The maximum atomic E-state index is 9.19. The topological polar surface area (TPSA) is 39.6 Å². The highest BCUT2D eigenvalue weighted by molar-refractivity contribution is 6.35. The van der Waals surface area contributed by atoms with Gasteiger partial charge in [-0.05, 0) is 29.3 Å². The molecule has 1 aromatic carbocycles. The third kappa shape index (κ3) is 2.06. The van der Waals surface area contributed by atoms with Gasteiger partial charge in [0.2, 0.25) is 0 Å². The van der Waals surface area contributed by atoms with E-state index < -0.39 is 0 Å². The van der Waals surface area contributed by atoms with E-state index in [0.29, 0.717) is 10.0 Å². The lowest BCUT2D eigenvalue weighted by atomic mass is 9.95. The molecule has 2 rings (SSSR count). The first kappa shape index (κ1) is 11.1. The summed E-state index contributed by atoms with van der Waals surface area (Å²) >= 11 is 11.9. The predicted molar refractivity (Wildman–Crippen MR) is 64.7 cm³/mol. The van der Waals surface area contributed by atoms with Crippen molar-refractivity contribution in [1.82, 2.24) is 4.98 Å². The monoisotopic (exact) mass is 250 g/mol. The predicted octanol–water partition coefficient (Wildman–Crippen LogP) is 3.98. The largest absolute Gasteiger partial charge is 0.367 e. The standard InChI is InChI=1S/C12H8Cl2N2/c13-9-1-2-10(12(14)5-9)11(6-15)8-3-4-16-7-8/h1-5,7,11,16H. The number of aromatic amines is 1. The summed E-state index contributed by atoms with van der Waals surface area (Å²) in [6, 6.07) is 9.26. The maximum Gasteiger partial charge on any atom is 0.0991 e. The van der Waals surface area contributed by atoms with Gasteiger partial charge in [-0.25, -0.2) is 0 Å². The van der Waals surface area contributed by atoms with Crippen molar-refractivity contribution < 1.29 is 0 Å². The minimum Gasteiger partial charge on any atom is -0.367 e. The smallest absolute Gasteiger partial charge is 0.0991 e. The summed E-state index contributed by atoms with van der Waals surface area (Å²) in [5, 5.41) is 10.3. The molecule has 2 aromatic rings. The molecule has 0 radical (unpaired) electrons. The van der Waals surface area contributed by atoms with Crippen LogP contribution in [0.1, 0.15) is 17.0 Å². The van der Waals surface area contributed by atoms with Gasteiger partial charge in [-0.1, -0.05) is 29.3 Å². The minimum atomic E-state index is -0.365. The first-order valence-corrected chi connectivity index (χ1v) is 5.45. The van der Waals surface area contributed by atoms with Crippen LogP contribution in [0.3, 0.4) is 0 Å². The summed E-state index contributed by atoms with van der Waals surface area (Å²) < 4.78 is 0. The third-order valence-corrected chi connectivity index (χ3v) is 2.92. The molecule has 0 saturated carbocycles. The number of hydrogen-bond donors (Lipinski definition) is 1. The number of aromatic nitrogens is 1. The fourth-order valence-electron chi connectivity index (χ4n) is 1.58. The highest BCUT2D eigenvalue weighted by Crippen LogP contribution is 2.31. The molecule has 80 valence electrons. The second-order valence-corrected chi connectivity index (χ2v) is 4.22. The van der Waals surface area contributed by atoms with E-state index in [0.717, 1.165) is 11.1 Å². The van der Waals surface area contributed by atoms with E-state index in [1.54, 1.807) is 30.6 Å². The molecule has 1 atom stereocenters. The van der Waals surface area contributed by atoms with E-state index in [1.165, 1.54) is 0 Å².